The number of ether oxygens (including phenoxy) is 2. The molecule has 21 heavy (non-hydrogen) atoms. The normalized spacial score (nSPS) is 13.8. The van der Waals surface area contributed by atoms with Crippen molar-refractivity contribution in [1.82, 2.24) is 10.3 Å². The lowest BCUT2D eigenvalue weighted by Crippen LogP contribution is -2.27. The average molecular weight is 286 g/mol. The number of nitrogens with one attached hydrogen (secondary N) is 2. The van der Waals surface area contributed by atoms with E-state index in [-0.39, 0.29) is 24.3 Å². The maximum atomic E-state index is 12.1. The fourth-order valence-electron chi connectivity index (χ4n) is 2.13. The topological polar surface area (TPSA) is 80.4 Å². The summed E-state index contributed by atoms with van der Waals surface area (Å²) < 4.78 is 10.6. The number of H-pyrrole nitrogens is 1. The predicted molar refractivity (Wildman–Crippen MR) is 75.5 cm³/mol. The van der Waals surface area contributed by atoms with E-state index in [2.05, 4.69) is 10.3 Å². The summed E-state index contributed by atoms with van der Waals surface area (Å²) in [5, 5.41) is 2.84. The van der Waals surface area contributed by atoms with Crippen LogP contribution in [0.3, 0.4) is 0 Å². The smallest absolute Gasteiger partial charge is 0.252 e. The van der Waals surface area contributed by atoms with Gasteiger partial charge in [0.1, 0.15) is 0 Å². The highest BCUT2D eigenvalue weighted by Crippen LogP contribution is 2.34. The van der Waals surface area contributed by atoms with Crippen LogP contribution in [-0.2, 0) is 0 Å². The molecule has 1 aliphatic heterocycles. The Labute approximate surface area is 120 Å². The van der Waals surface area contributed by atoms with E-state index in [1.165, 1.54) is 12.3 Å². The van der Waals surface area contributed by atoms with Gasteiger partial charge in [-0.15, -0.1) is 0 Å². The minimum Gasteiger partial charge on any atom is -0.454 e. The van der Waals surface area contributed by atoms with E-state index in [0.29, 0.717) is 17.1 Å². The monoisotopic (exact) mass is 286 g/mol. The van der Waals surface area contributed by atoms with Crippen LogP contribution >= 0.6 is 0 Å². The first kappa shape index (κ1) is 13.2. The van der Waals surface area contributed by atoms with Crippen molar-refractivity contribution in [2.75, 3.05) is 6.79 Å². The van der Waals surface area contributed by atoms with Crippen LogP contribution in [-0.4, -0.2) is 17.7 Å². The first-order chi connectivity index (χ1) is 10.1. The maximum Gasteiger partial charge on any atom is 0.252 e. The summed E-state index contributed by atoms with van der Waals surface area (Å²) in [6, 6.07) is 8.13. The minimum absolute atomic E-state index is 0.215. The van der Waals surface area contributed by atoms with E-state index in [9.17, 15) is 9.59 Å². The van der Waals surface area contributed by atoms with Crippen LogP contribution in [0.25, 0.3) is 0 Å². The molecule has 6 heteroatoms. The van der Waals surface area contributed by atoms with Gasteiger partial charge < -0.3 is 19.8 Å². The van der Waals surface area contributed by atoms with Gasteiger partial charge in [-0.05, 0) is 30.7 Å². The van der Waals surface area contributed by atoms with E-state index in [0.717, 1.165) is 5.56 Å². The molecule has 0 saturated carbocycles. The third kappa shape index (κ3) is 2.74. The van der Waals surface area contributed by atoms with E-state index < -0.39 is 0 Å². The predicted octanol–water partition coefficient (Wildman–Crippen LogP) is 1.59. The summed E-state index contributed by atoms with van der Waals surface area (Å²) in [5.41, 5.74) is 0.919. The van der Waals surface area contributed by atoms with Crippen LogP contribution in [0.1, 0.15) is 28.9 Å². The molecular formula is C15H14N2O4. The van der Waals surface area contributed by atoms with E-state index >= 15 is 0 Å². The number of aromatic nitrogens is 1. The summed E-state index contributed by atoms with van der Waals surface area (Å²) >= 11 is 0. The molecule has 1 amide bonds. The number of hydrogen-bond acceptors (Lipinski definition) is 4. The minimum atomic E-state index is -0.307. The van der Waals surface area contributed by atoms with Crippen molar-refractivity contribution in [2.24, 2.45) is 0 Å². The zero-order chi connectivity index (χ0) is 14.8. The number of carbonyl (C=O) groups is 1. The number of carbonyl (C=O) groups excluding carboxylic acids is 1. The van der Waals surface area contributed by atoms with Gasteiger partial charge >= 0.3 is 0 Å². The third-order valence-electron chi connectivity index (χ3n) is 3.28. The van der Waals surface area contributed by atoms with Gasteiger partial charge in [-0.3, -0.25) is 9.59 Å². The van der Waals surface area contributed by atoms with Crippen LogP contribution in [0.4, 0.5) is 0 Å². The van der Waals surface area contributed by atoms with Gasteiger partial charge in [-0.2, -0.15) is 0 Å². The lowest BCUT2D eigenvalue weighted by molar-refractivity contribution is 0.0939. The molecule has 0 fully saturated rings. The Morgan fingerprint density at radius 1 is 1.24 bits per heavy atom. The molecule has 2 aromatic rings. The Morgan fingerprint density at radius 3 is 2.86 bits per heavy atom. The van der Waals surface area contributed by atoms with Crippen LogP contribution < -0.4 is 20.3 Å². The highest BCUT2D eigenvalue weighted by molar-refractivity contribution is 5.94. The number of benzene rings is 1. The lowest BCUT2D eigenvalue weighted by atomic mass is 10.1. The molecule has 0 saturated heterocycles. The lowest BCUT2D eigenvalue weighted by Gasteiger charge is -2.14. The molecular weight excluding hydrogens is 272 g/mol. The van der Waals surface area contributed by atoms with Gasteiger partial charge in [-0.1, -0.05) is 6.07 Å². The summed E-state index contributed by atoms with van der Waals surface area (Å²) in [5.74, 6) is 1.07. The number of rotatable bonds is 3. The Hall–Kier alpha value is -2.76. The number of hydrogen-bond donors (Lipinski definition) is 2. The van der Waals surface area contributed by atoms with Crippen LogP contribution in [0.15, 0.2) is 41.3 Å². The molecule has 1 aliphatic rings. The standard InChI is InChI=1S/C15H14N2O4/c1-9(10-2-3-12-13(6-10)21-8-20-12)17-15(19)11-4-5-16-14(18)7-11/h2-7,9H,8H2,1H3,(H,16,18)(H,17,19). The van der Waals surface area contributed by atoms with Gasteiger partial charge in [0.15, 0.2) is 11.5 Å². The molecule has 0 aliphatic carbocycles. The third-order valence-corrected chi connectivity index (χ3v) is 3.28. The molecule has 108 valence electrons. The Kier molecular flexibility index (Phi) is 3.35. The SMILES string of the molecule is CC(NC(=O)c1cc[nH]c(=O)c1)c1ccc2c(c1)OCO2. The highest BCUT2D eigenvalue weighted by atomic mass is 16.7. The van der Waals surface area contributed by atoms with Gasteiger partial charge in [0.25, 0.3) is 5.91 Å². The fraction of sp³-hybridized carbons (Fsp3) is 0.200. The Bertz CT molecular complexity index is 738. The van der Waals surface area contributed by atoms with Crippen molar-refractivity contribution in [3.63, 3.8) is 0 Å². The Morgan fingerprint density at radius 2 is 2.05 bits per heavy atom. The van der Waals surface area contributed by atoms with Crippen molar-refractivity contribution in [1.29, 1.82) is 0 Å². The van der Waals surface area contributed by atoms with Gasteiger partial charge in [-0.25, -0.2) is 0 Å². The second-order valence-electron chi connectivity index (χ2n) is 4.75. The first-order valence-electron chi connectivity index (χ1n) is 6.52. The van der Waals surface area contributed by atoms with E-state index in [4.69, 9.17) is 9.47 Å². The fourth-order valence-corrected chi connectivity index (χ4v) is 2.13. The molecule has 2 N–H and O–H groups in total. The maximum absolute atomic E-state index is 12.1. The molecule has 6 nitrogen and oxygen atoms in total. The first-order valence-corrected chi connectivity index (χ1v) is 6.52. The second-order valence-corrected chi connectivity index (χ2v) is 4.75. The highest BCUT2D eigenvalue weighted by Gasteiger charge is 2.17. The zero-order valence-corrected chi connectivity index (χ0v) is 11.4. The second kappa shape index (κ2) is 5.32. The molecule has 3 rings (SSSR count). The van der Waals surface area contributed by atoms with Crippen molar-refractivity contribution >= 4 is 5.91 Å². The molecule has 1 atom stereocenters. The zero-order valence-electron chi connectivity index (χ0n) is 11.4. The van der Waals surface area contributed by atoms with Crippen LogP contribution in [0.2, 0.25) is 0 Å². The Balaban J connectivity index is 1.75. The largest absolute Gasteiger partial charge is 0.454 e. The van der Waals surface area contributed by atoms with Gasteiger partial charge in [0, 0.05) is 17.8 Å². The number of aromatic amines is 1. The van der Waals surface area contributed by atoms with Gasteiger partial charge in [0.05, 0.1) is 6.04 Å². The quantitative estimate of drug-likeness (QED) is 0.898. The summed E-state index contributed by atoms with van der Waals surface area (Å²) in [6.07, 6.45) is 1.45. The molecule has 0 bridgehead atoms. The average Bonchev–Trinajstić information content (AvgIpc) is 2.94. The summed E-state index contributed by atoms with van der Waals surface area (Å²) in [6.45, 7) is 2.08. The number of amides is 1. The summed E-state index contributed by atoms with van der Waals surface area (Å²) in [7, 11) is 0. The van der Waals surface area contributed by atoms with Gasteiger partial charge in [0.2, 0.25) is 12.4 Å². The molecule has 0 spiro atoms. The molecule has 1 unspecified atom stereocenters. The van der Waals surface area contributed by atoms with Crippen molar-refractivity contribution in [3.05, 3.63) is 58.0 Å². The van der Waals surface area contributed by atoms with Crippen LogP contribution in [0, 0.1) is 0 Å². The number of pyridine rings is 1. The summed E-state index contributed by atoms with van der Waals surface area (Å²) in [4.78, 5) is 25.8. The molecule has 1 aromatic carbocycles. The molecule has 0 radical (unpaired) electrons. The van der Waals surface area contributed by atoms with Crippen molar-refractivity contribution in [3.8, 4) is 11.5 Å². The molecule has 2 heterocycles. The van der Waals surface area contributed by atoms with E-state index in [1.807, 2.05) is 25.1 Å². The van der Waals surface area contributed by atoms with Crippen molar-refractivity contribution < 1.29 is 14.3 Å². The number of fused-ring (bicyclic) bond motifs is 1. The van der Waals surface area contributed by atoms with Crippen LogP contribution in [0.5, 0.6) is 11.5 Å². The van der Waals surface area contributed by atoms with Crippen molar-refractivity contribution in [2.45, 2.75) is 13.0 Å². The molecule has 1 aromatic heterocycles. The van der Waals surface area contributed by atoms with E-state index in [1.54, 1.807) is 6.07 Å².